The van der Waals surface area contributed by atoms with E-state index >= 15 is 0 Å². The third-order valence-electron chi connectivity index (χ3n) is 8.21. The Balaban J connectivity index is 1.44. The van der Waals surface area contributed by atoms with Crippen molar-refractivity contribution >= 4 is 16.7 Å². The number of hydrogen-bond donors (Lipinski definition) is 2. The Morgan fingerprint density at radius 1 is 0.689 bits per heavy atom. The van der Waals surface area contributed by atoms with Crippen molar-refractivity contribution < 1.29 is 28.8 Å². The lowest BCUT2D eigenvalue weighted by Gasteiger charge is -2.37. The van der Waals surface area contributed by atoms with Crippen molar-refractivity contribution in [1.29, 1.82) is 0 Å². The molecule has 7 heteroatoms. The molecule has 0 saturated carbocycles. The van der Waals surface area contributed by atoms with Crippen molar-refractivity contribution in [3.05, 3.63) is 138 Å². The predicted molar refractivity (Wildman–Crippen MR) is 176 cm³/mol. The summed E-state index contributed by atoms with van der Waals surface area (Å²) >= 11 is 0. The van der Waals surface area contributed by atoms with Gasteiger partial charge in [-0.25, -0.2) is 0 Å². The van der Waals surface area contributed by atoms with E-state index in [0.29, 0.717) is 0 Å². The molecule has 2 atom stereocenters. The van der Waals surface area contributed by atoms with Crippen LogP contribution in [0, 0.1) is 0 Å². The zero-order valence-corrected chi connectivity index (χ0v) is 26.0. The smallest absolute Gasteiger partial charge is 0.227 e. The quantitative estimate of drug-likeness (QED) is 0.150. The van der Waals surface area contributed by atoms with E-state index in [9.17, 15) is 9.90 Å². The van der Waals surface area contributed by atoms with Crippen LogP contribution in [0.25, 0.3) is 10.8 Å². The second kappa shape index (κ2) is 14.3. The molecule has 0 radical (unpaired) electrons. The highest BCUT2D eigenvalue weighted by molar-refractivity contribution is 5.88. The molecule has 0 bridgehead atoms. The summed E-state index contributed by atoms with van der Waals surface area (Å²) < 4.78 is 23.1. The minimum absolute atomic E-state index is 0.0411. The maximum atomic E-state index is 13.5. The van der Waals surface area contributed by atoms with Crippen LogP contribution in [0.15, 0.2) is 115 Å². The summed E-state index contributed by atoms with van der Waals surface area (Å²) in [6.07, 6.45) is 0. The summed E-state index contributed by atoms with van der Waals surface area (Å²) in [7, 11) is 4.90. The number of carbonyl (C=O) groups is 1. The van der Waals surface area contributed by atoms with E-state index in [2.05, 4.69) is 5.32 Å². The van der Waals surface area contributed by atoms with Gasteiger partial charge in [0.05, 0.1) is 46.5 Å². The molecule has 0 aliphatic heterocycles. The average molecular weight is 606 g/mol. The van der Waals surface area contributed by atoms with Crippen molar-refractivity contribution in [2.75, 3.05) is 34.5 Å². The Hall–Kier alpha value is -4.85. The van der Waals surface area contributed by atoms with Gasteiger partial charge in [-0.3, -0.25) is 4.79 Å². The topological polar surface area (TPSA) is 86.2 Å². The van der Waals surface area contributed by atoms with Crippen LogP contribution in [0.3, 0.4) is 0 Å². The van der Waals surface area contributed by atoms with Crippen molar-refractivity contribution in [2.45, 2.75) is 24.5 Å². The average Bonchev–Trinajstić information content (AvgIpc) is 3.11. The molecule has 2 N–H and O–H groups in total. The molecular formula is C38H39NO6. The van der Waals surface area contributed by atoms with Crippen LogP contribution in [0.1, 0.15) is 35.1 Å². The number of carbonyl (C=O) groups excluding carboxylic acids is 1. The Morgan fingerprint density at radius 3 is 1.76 bits per heavy atom. The number of methoxy groups -OCH3 is 3. The first-order valence-corrected chi connectivity index (χ1v) is 14.9. The van der Waals surface area contributed by atoms with Gasteiger partial charge in [-0.1, -0.05) is 78.9 Å². The van der Waals surface area contributed by atoms with Gasteiger partial charge in [-0.15, -0.1) is 0 Å². The van der Waals surface area contributed by atoms with E-state index in [1.165, 1.54) is 0 Å². The number of aliphatic hydroxyl groups excluding tert-OH is 1. The highest BCUT2D eigenvalue weighted by Gasteiger charge is 2.38. The van der Waals surface area contributed by atoms with Gasteiger partial charge in [0.15, 0.2) is 0 Å². The Kier molecular flexibility index (Phi) is 10.0. The van der Waals surface area contributed by atoms with Crippen LogP contribution < -0.4 is 19.5 Å². The van der Waals surface area contributed by atoms with E-state index in [4.69, 9.17) is 18.9 Å². The standard InChI is InChI=1S/C38H39NO6/c1-26(27-10-11-29-23-36(44-4)17-12-28(29)22-27)37(41)39-33(24-40)25-45-38(30-8-6-5-7-9-30,31-13-18-34(42-2)19-14-31)32-15-20-35(43-3)21-16-32/h5-23,26,33,40H,24-25H2,1-4H3,(H,39,41)/t26-,33?/m0/s1. The number of nitrogens with one attached hydrogen (secondary N) is 1. The molecule has 0 fully saturated rings. The van der Waals surface area contributed by atoms with E-state index in [-0.39, 0.29) is 19.1 Å². The summed E-state index contributed by atoms with van der Waals surface area (Å²) in [5, 5.41) is 15.5. The molecule has 5 aromatic carbocycles. The van der Waals surface area contributed by atoms with Gasteiger partial charge < -0.3 is 29.4 Å². The molecule has 0 aliphatic carbocycles. The van der Waals surface area contributed by atoms with Gasteiger partial charge in [0.2, 0.25) is 5.91 Å². The van der Waals surface area contributed by atoms with Gasteiger partial charge in [-0.05, 0) is 76.3 Å². The van der Waals surface area contributed by atoms with Crippen molar-refractivity contribution in [1.82, 2.24) is 5.32 Å². The normalized spacial score (nSPS) is 12.7. The molecule has 45 heavy (non-hydrogen) atoms. The molecule has 0 heterocycles. The first-order valence-electron chi connectivity index (χ1n) is 14.9. The van der Waals surface area contributed by atoms with Crippen LogP contribution in [0.2, 0.25) is 0 Å². The van der Waals surface area contributed by atoms with Gasteiger partial charge in [0.1, 0.15) is 22.8 Å². The summed E-state index contributed by atoms with van der Waals surface area (Å²) in [6.45, 7) is 1.60. The maximum absolute atomic E-state index is 13.5. The van der Waals surface area contributed by atoms with Gasteiger partial charge in [0.25, 0.3) is 0 Å². The molecule has 0 saturated heterocycles. The monoisotopic (exact) mass is 605 g/mol. The third kappa shape index (κ3) is 6.80. The van der Waals surface area contributed by atoms with Gasteiger partial charge in [-0.2, -0.15) is 0 Å². The summed E-state index contributed by atoms with van der Waals surface area (Å²) in [4.78, 5) is 13.5. The van der Waals surface area contributed by atoms with Crippen LogP contribution in [0.4, 0.5) is 0 Å². The molecule has 5 aromatic rings. The summed E-state index contributed by atoms with van der Waals surface area (Å²) in [5.41, 5.74) is 2.43. The fraction of sp³-hybridized carbons (Fsp3) is 0.237. The van der Waals surface area contributed by atoms with Gasteiger partial charge in [0, 0.05) is 0 Å². The van der Waals surface area contributed by atoms with Gasteiger partial charge >= 0.3 is 0 Å². The highest BCUT2D eigenvalue weighted by atomic mass is 16.5. The fourth-order valence-corrected chi connectivity index (χ4v) is 5.56. The molecule has 0 spiro atoms. The number of hydrogen-bond acceptors (Lipinski definition) is 6. The zero-order valence-electron chi connectivity index (χ0n) is 26.0. The molecule has 0 aromatic heterocycles. The molecule has 1 amide bonds. The third-order valence-corrected chi connectivity index (χ3v) is 8.21. The minimum atomic E-state index is -1.07. The van der Waals surface area contributed by atoms with Crippen LogP contribution in [-0.2, 0) is 15.1 Å². The fourth-order valence-electron chi connectivity index (χ4n) is 5.56. The molecule has 7 nitrogen and oxygen atoms in total. The van der Waals surface area contributed by atoms with Crippen molar-refractivity contribution in [3.8, 4) is 17.2 Å². The number of ether oxygens (including phenoxy) is 4. The molecular weight excluding hydrogens is 566 g/mol. The van der Waals surface area contributed by atoms with Crippen LogP contribution >= 0.6 is 0 Å². The number of benzene rings is 5. The highest BCUT2D eigenvalue weighted by Crippen LogP contribution is 2.41. The molecule has 232 valence electrons. The van der Waals surface area contributed by atoms with E-state index in [0.717, 1.165) is 50.3 Å². The van der Waals surface area contributed by atoms with Crippen molar-refractivity contribution in [2.24, 2.45) is 0 Å². The van der Waals surface area contributed by atoms with E-state index in [1.807, 2.05) is 122 Å². The lowest BCUT2D eigenvalue weighted by Crippen LogP contribution is -2.45. The lowest BCUT2D eigenvalue weighted by atomic mass is 9.80. The first kappa shape index (κ1) is 31.6. The maximum Gasteiger partial charge on any atom is 0.227 e. The second-order valence-electron chi connectivity index (χ2n) is 10.9. The number of fused-ring (bicyclic) bond motifs is 1. The second-order valence-corrected chi connectivity index (χ2v) is 10.9. The Morgan fingerprint density at radius 2 is 1.20 bits per heavy atom. The molecule has 1 unspecified atom stereocenters. The van der Waals surface area contributed by atoms with Crippen molar-refractivity contribution in [3.63, 3.8) is 0 Å². The zero-order chi connectivity index (χ0) is 31.8. The SMILES string of the molecule is COc1ccc(C(OCC(CO)NC(=O)[C@@H](C)c2ccc3cc(OC)ccc3c2)(c2ccccc2)c2ccc(OC)cc2)cc1. The lowest BCUT2D eigenvalue weighted by molar-refractivity contribution is -0.124. The van der Waals surface area contributed by atoms with Crippen LogP contribution in [-0.4, -0.2) is 51.6 Å². The molecule has 0 aliphatic rings. The Labute approximate surface area is 264 Å². The number of rotatable bonds is 13. The van der Waals surface area contributed by atoms with Crippen LogP contribution in [0.5, 0.6) is 17.2 Å². The van der Waals surface area contributed by atoms with E-state index < -0.39 is 17.6 Å². The molecule has 5 rings (SSSR count). The predicted octanol–water partition coefficient (Wildman–Crippen LogP) is 6.45. The summed E-state index contributed by atoms with van der Waals surface area (Å²) in [6, 6.07) is 36.5. The minimum Gasteiger partial charge on any atom is -0.497 e. The summed E-state index contributed by atoms with van der Waals surface area (Å²) in [5.74, 6) is 1.57. The number of amides is 1. The first-order chi connectivity index (χ1) is 21.9. The van der Waals surface area contributed by atoms with E-state index in [1.54, 1.807) is 21.3 Å². The largest absolute Gasteiger partial charge is 0.497 e. The Bertz CT molecular complexity index is 1660. The number of aliphatic hydroxyl groups is 1.